The van der Waals surface area contributed by atoms with Gasteiger partial charge in [0.2, 0.25) is 0 Å². The van der Waals surface area contributed by atoms with Gasteiger partial charge in [-0.25, -0.2) is 8.78 Å². The van der Waals surface area contributed by atoms with Gasteiger partial charge in [-0.3, -0.25) is 9.69 Å². The van der Waals surface area contributed by atoms with Gasteiger partial charge in [0.05, 0.1) is 5.60 Å². The fourth-order valence-corrected chi connectivity index (χ4v) is 3.72. The lowest BCUT2D eigenvalue weighted by atomic mass is 9.85. The maximum Gasteiger partial charge on any atom is 0.197 e. The lowest BCUT2D eigenvalue weighted by Gasteiger charge is -2.39. The normalized spacial score (nSPS) is 19.1. The Labute approximate surface area is 168 Å². The van der Waals surface area contributed by atoms with E-state index in [1.807, 2.05) is 12.1 Å². The third-order valence-electron chi connectivity index (χ3n) is 5.32. The van der Waals surface area contributed by atoms with Crippen molar-refractivity contribution in [3.05, 3.63) is 70.7 Å². The van der Waals surface area contributed by atoms with Crippen LogP contribution >= 0.6 is 11.6 Å². The number of piperidine rings is 1. The lowest BCUT2D eigenvalue weighted by Crippen LogP contribution is -2.48. The summed E-state index contributed by atoms with van der Waals surface area (Å²) in [5.41, 5.74) is 0.298. The van der Waals surface area contributed by atoms with Crippen molar-refractivity contribution >= 4 is 17.4 Å². The molecule has 1 aliphatic rings. The van der Waals surface area contributed by atoms with E-state index in [1.54, 1.807) is 30.3 Å². The second-order valence-electron chi connectivity index (χ2n) is 7.43. The molecule has 28 heavy (non-hydrogen) atoms. The maximum absolute atomic E-state index is 14.6. The van der Waals surface area contributed by atoms with Crippen LogP contribution in [0.1, 0.15) is 35.2 Å². The molecule has 1 heterocycles. The van der Waals surface area contributed by atoms with Crippen LogP contribution in [0, 0.1) is 0 Å². The summed E-state index contributed by atoms with van der Waals surface area (Å²) in [7, 11) is 0. The van der Waals surface area contributed by atoms with Crippen molar-refractivity contribution in [1.29, 1.82) is 0 Å². The Morgan fingerprint density at radius 1 is 1.07 bits per heavy atom. The highest BCUT2D eigenvalue weighted by atomic mass is 35.5. The van der Waals surface area contributed by atoms with Gasteiger partial charge in [-0.05, 0) is 30.5 Å². The molecule has 0 spiro atoms. The van der Waals surface area contributed by atoms with Crippen molar-refractivity contribution < 1.29 is 18.7 Å². The highest BCUT2D eigenvalue weighted by Gasteiger charge is 2.36. The Morgan fingerprint density at radius 2 is 1.68 bits per heavy atom. The van der Waals surface area contributed by atoms with Crippen molar-refractivity contribution in [2.45, 2.75) is 43.8 Å². The van der Waals surface area contributed by atoms with Gasteiger partial charge < -0.3 is 5.11 Å². The second-order valence-corrected chi connectivity index (χ2v) is 7.87. The number of alkyl halides is 2. The molecule has 6 heteroatoms. The van der Waals surface area contributed by atoms with Crippen LogP contribution in [0.5, 0.6) is 0 Å². The molecule has 0 amide bonds. The number of carbonyl (C=O) groups excluding carboxylic acids is 1. The molecule has 150 valence electrons. The first-order valence-electron chi connectivity index (χ1n) is 9.45. The van der Waals surface area contributed by atoms with Crippen LogP contribution in [0.3, 0.4) is 0 Å². The quantitative estimate of drug-likeness (QED) is 0.538. The van der Waals surface area contributed by atoms with Crippen molar-refractivity contribution in [2.75, 3.05) is 13.1 Å². The standard InChI is InChI=1S/C22H24ClF2NO2/c23-18-8-6-16(7-9-18)15-22(28)10-12-26(13-11-22)20(25)14-19(24)21(27)17-4-2-1-3-5-17/h1-9,19-20,28H,10-15H2. The monoisotopic (exact) mass is 407 g/mol. The summed E-state index contributed by atoms with van der Waals surface area (Å²) in [5.74, 6) is -0.695. The Kier molecular flexibility index (Phi) is 6.81. The number of halogens is 3. The molecule has 2 unspecified atom stereocenters. The van der Waals surface area contributed by atoms with E-state index >= 15 is 0 Å². The van der Waals surface area contributed by atoms with Gasteiger partial charge in [0, 0.05) is 36.5 Å². The minimum Gasteiger partial charge on any atom is -0.389 e. The highest BCUT2D eigenvalue weighted by molar-refractivity contribution is 6.30. The fraction of sp³-hybridized carbons (Fsp3) is 0.409. The number of benzene rings is 2. The highest BCUT2D eigenvalue weighted by Crippen LogP contribution is 2.29. The van der Waals surface area contributed by atoms with Crippen LogP contribution in [0.15, 0.2) is 54.6 Å². The van der Waals surface area contributed by atoms with Gasteiger partial charge >= 0.3 is 0 Å². The van der Waals surface area contributed by atoms with Crippen LogP contribution in [0.2, 0.25) is 5.02 Å². The lowest BCUT2D eigenvalue weighted by molar-refractivity contribution is -0.0541. The van der Waals surface area contributed by atoms with Crippen LogP contribution in [-0.4, -0.2) is 46.9 Å². The van der Waals surface area contributed by atoms with Crippen LogP contribution in [0.4, 0.5) is 8.78 Å². The third kappa shape index (κ3) is 5.37. The third-order valence-corrected chi connectivity index (χ3v) is 5.57. The molecule has 1 saturated heterocycles. The van der Waals surface area contributed by atoms with Crippen molar-refractivity contribution in [3.63, 3.8) is 0 Å². The molecule has 0 aliphatic carbocycles. The minimum atomic E-state index is -1.88. The van der Waals surface area contributed by atoms with Crippen molar-refractivity contribution in [3.8, 4) is 0 Å². The number of likely N-dealkylation sites (tertiary alicyclic amines) is 1. The predicted octanol–water partition coefficient (Wildman–Crippen LogP) is 4.62. The largest absolute Gasteiger partial charge is 0.389 e. The molecule has 0 saturated carbocycles. The number of nitrogens with zero attached hydrogens (tertiary/aromatic N) is 1. The molecule has 2 aromatic carbocycles. The molecule has 2 aromatic rings. The summed E-state index contributed by atoms with van der Waals surface area (Å²) in [6.07, 6.45) is -2.69. The van der Waals surface area contributed by atoms with E-state index in [9.17, 15) is 18.7 Å². The summed E-state index contributed by atoms with van der Waals surface area (Å²) < 4.78 is 28.9. The second kappa shape index (κ2) is 9.12. The molecule has 2 atom stereocenters. The maximum atomic E-state index is 14.6. The van der Waals surface area contributed by atoms with Gasteiger partial charge in [0.1, 0.15) is 0 Å². The molecule has 0 aromatic heterocycles. The number of rotatable bonds is 7. The van der Waals surface area contributed by atoms with Gasteiger partial charge in [0.25, 0.3) is 0 Å². The topological polar surface area (TPSA) is 40.5 Å². The number of aliphatic hydroxyl groups is 1. The number of hydrogen-bond donors (Lipinski definition) is 1. The SMILES string of the molecule is O=C(c1ccccc1)C(F)CC(F)N1CCC(O)(Cc2ccc(Cl)cc2)CC1. The molecular weight excluding hydrogens is 384 g/mol. The smallest absolute Gasteiger partial charge is 0.197 e. The van der Waals surface area contributed by atoms with Crippen molar-refractivity contribution in [1.82, 2.24) is 4.90 Å². The van der Waals surface area contributed by atoms with Gasteiger partial charge in [-0.2, -0.15) is 0 Å². The Morgan fingerprint density at radius 3 is 2.29 bits per heavy atom. The Bertz CT molecular complexity index is 777. The first-order valence-corrected chi connectivity index (χ1v) is 9.82. The first kappa shape index (κ1) is 20.9. The molecule has 0 bridgehead atoms. The van der Waals surface area contributed by atoms with E-state index in [1.165, 1.54) is 17.0 Å². The number of Topliss-reactive ketones (excluding diaryl/α,β-unsaturated/α-hetero) is 1. The molecule has 1 aliphatic heterocycles. The average molecular weight is 408 g/mol. The van der Waals surface area contributed by atoms with E-state index < -0.39 is 30.3 Å². The zero-order valence-corrected chi connectivity index (χ0v) is 16.3. The van der Waals surface area contributed by atoms with Crippen LogP contribution < -0.4 is 0 Å². The first-order chi connectivity index (χ1) is 13.4. The van der Waals surface area contributed by atoms with E-state index in [-0.39, 0.29) is 5.56 Å². The van der Waals surface area contributed by atoms with E-state index in [2.05, 4.69) is 0 Å². The minimum absolute atomic E-state index is 0.248. The van der Waals surface area contributed by atoms with Crippen molar-refractivity contribution in [2.24, 2.45) is 0 Å². The number of hydrogen-bond acceptors (Lipinski definition) is 3. The van der Waals surface area contributed by atoms with Gasteiger partial charge in [-0.1, -0.05) is 54.1 Å². The average Bonchev–Trinajstić information content (AvgIpc) is 2.70. The van der Waals surface area contributed by atoms with Gasteiger partial charge in [-0.15, -0.1) is 0 Å². The van der Waals surface area contributed by atoms with E-state index in [0.717, 1.165) is 5.56 Å². The number of ketones is 1. The van der Waals surface area contributed by atoms with Crippen LogP contribution in [-0.2, 0) is 6.42 Å². The predicted molar refractivity (Wildman–Crippen MR) is 106 cm³/mol. The van der Waals surface area contributed by atoms with Gasteiger partial charge in [0.15, 0.2) is 18.3 Å². The molecule has 3 nitrogen and oxygen atoms in total. The summed E-state index contributed by atoms with van der Waals surface area (Å²) in [6, 6.07) is 15.4. The van der Waals surface area contributed by atoms with Crippen LogP contribution in [0.25, 0.3) is 0 Å². The Balaban J connectivity index is 1.51. The summed E-state index contributed by atoms with van der Waals surface area (Å²) in [5, 5.41) is 11.4. The summed E-state index contributed by atoms with van der Waals surface area (Å²) >= 11 is 5.88. The zero-order chi connectivity index (χ0) is 20.1. The zero-order valence-electron chi connectivity index (χ0n) is 15.5. The summed E-state index contributed by atoms with van der Waals surface area (Å²) in [4.78, 5) is 13.6. The molecule has 3 rings (SSSR count). The summed E-state index contributed by atoms with van der Waals surface area (Å²) in [6.45, 7) is 0.634. The van der Waals surface area contributed by atoms with E-state index in [4.69, 9.17) is 11.6 Å². The molecule has 0 radical (unpaired) electrons. The fourth-order valence-electron chi connectivity index (χ4n) is 3.59. The van der Waals surface area contributed by atoms with E-state index in [0.29, 0.717) is 37.4 Å². The molecular formula is C22H24ClF2NO2. The molecule has 1 fully saturated rings. The Hall–Kier alpha value is -1.82. The number of carbonyl (C=O) groups is 1. The molecule has 1 N–H and O–H groups in total.